The van der Waals surface area contributed by atoms with Crippen LogP contribution in [0.3, 0.4) is 0 Å². The summed E-state index contributed by atoms with van der Waals surface area (Å²) in [6.45, 7) is 3.09. The molecule has 0 amide bonds. The van der Waals surface area contributed by atoms with Gasteiger partial charge in [0.2, 0.25) is 5.95 Å². The van der Waals surface area contributed by atoms with E-state index in [4.69, 9.17) is 11.6 Å². The molecular formula is C22H23ClF2N6O2S. The first-order chi connectivity index (χ1) is 16.1. The van der Waals surface area contributed by atoms with Gasteiger partial charge in [0.25, 0.3) is 0 Å². The van der Waals surface area contributed by atoms with Gasteiger partial charge in [0, 0.05) is 57.1 Å². The number of nitrogens with zero attached hydrogens (tertiary/aromatic N) is 4. The lowest BCUT2D eigenvalue weighted by atomic mass is 10.2. The third kappa shape index (κ3) is 5.21. The molecule has 0 saturated carbocycles. The van der Waals surface area contributed by atoms with Crippen molar-refractivity contribution in [1.29, 1.82) is 0 Å². The molecule has 1 fully saturated rings. The second kappa shape index (κ2) is 9.69. The number of halogens is 3. The van der Waals surface area contributed by atoms with Crippen molar-refractivity contribution in [2.24, 2.45) is 0 Å². The molecule has 1 aliphatic rings. The van der Waals surface area contributed by atoms with Gasteiger partial charge in [-0.25, -0.2) is 22.2 Å². The highest BCUT2D eigenvalue weighted by Crippen LogP contribution is 2.32. The molecule has 1 aliphatic heterocycles. The molecule has 0 bridgehead atoms. The molecule has 12 heteroatoms. The van der Waals surface area contributed by atoms with Crippen LogP contribution in [-0.4, -0.2) is 57.9 Å². The average Bonchev–Trinajstić information content (AvgIpc) is 2.82. The minimum absolute atomic E-state index is 0.0381. The Hall–Kier alpha value is -3.02. The Kier molecular flexibility index (Phi) is 6.87. The van der Waals surface area contributed by atoms with Crippen LogP contribution in [0.2, 0.25) is 5.02 Å². The maximum atomic E-state index is 14.5. The van der Waals surface area contributed by atoms with E-state index in [1.165, 1.54) is 23.2 Å². The molecule has 8 nitrogen and oxygen atoms in total. The van der Waals surface area contributed by atoms with Gasteiger partial charge in [-0.1, -0.05) is 11.6 Å². The lowest BCUT2D eigenvalue weighted by Crippen LogP contribution is -2.43. The van der Waals surface area contributed by atoms with Crippen LogP contribution in [0.4, 0.5) is 37.6 Å². The van der Waals surface area contributed by atoms with Crippen molar-refractivity contribution in [2.45, 2.75) is 4.90 Å². The average molecular weight is 509 g/mol. The quantitative estimate of drug-likeness (QED) is 0.487. The molecule has 2 aromatic carbocycles. The molecule has 0 spiro atoms. The molecule has 3 aromatic rings. The number of benzene rings is 2. The Morgan fingerprint density at radius 2 is 1.88 bits per heavy atom. The Balaban J connectivity index is 1.65. The van der Waals surface area contributed by atoms with Gasteiger partial charge in [-0.15, -0.1) is 0 Å². The normalized spacial score (nSPS) is 14.2. The maximum absolute atomic E-state index is 14.5. The third-order valence-corrected chi connectivity index (χ3v) is 6.86. The van der Waals surface area contributed by atoms with Crippen molar-refractivity contribution in [2.75, 3.05) is 54.6 Å². The van der Waals surface area contributed by atoms with Crippen molar-refractivity contribution >= 4 is 50.3 Å². The van der Waals surface area contributed by atoms with Gasteiger partial charge in [-0.3, -0.25) is 0 Å². The summed E-state index contributed by atoms with van der Waals surface area (Å²) in [4.78, 5) is 12.3. The largest absolute Gasteiger partial charge is 0.369 e. The predicted octanol–water partition coefficient (Wildman–Crippen LogP) is 3.73. The molecule has 0 aliphatic carbocycles. The number of anilines is 5. The molecule has 1 saturated heterocycles. The van der Waals surface area contributed by atoms with E-state index in [1.807, 2.05) is 6.07 Å². The molecule has 0 radical (unpaired) electrons. The number of rotatable bonds is 6. The molecule has 0 atom stereocenters. The van der Waals surface area contributed by atoms with Gasteiger partial charge in [0.15, 0.2) is 15.7 Å². The highest BCUT2D eigenvalue weighted by molar-refractivity contribution is 7.90. The molecule has 180 valence electrons. The number of aromatic nitrogens is 2. The van der Waals surface area contributed by atoms with Gasteiger partial charge in [-0.2, -0.15) is 4.98 Å². The van der Waals surface area contributed by atoms with Gasteiger partial charge < -0.3 is 20.4 Å². The molecule has 4 rings (SSSR count). The summed E-state index contributed by atoms with van der Waals surface area (Å²) < 4.78 is 52.6. The monoisotopic (exact) mass is 508 g/mol. The first-order valence-corrected chi connectivity index (χ1v) is 12.7. The number of nitrogens with one attached hydrogen (secondary N) is 2. The van der Waals surface area contributed by atoms with E-state index in [0.717, 1.165) is 44.2 Å². The van der Waals surface area contributed by atoms with Crippen molar-refractivity contribution in [1.82, 2.24) is 15.3 Å². The van der Waals surface area contributed by atoms with Crippen molar-refractivity contribution < 1.29 is 17.2 Å². The van der Waals surface area contributed by atoms with Gasteiger partial charge in [-0.05, 0) is 36.4 Å². The highest BCUT2D eigenvalue weighted by atomic mass is 35.5. The van der Waals surface area contributed by atoms with Crippen LogP contribution in [0.1, 0.15) is 0 Å². The number of hydrogen-bond acceptors (Lipinski definition) is 8. The topological polar surface area (TPSA) is 90.5 Å². The van der Waals surface area contributed by atoms with Gasteiger partial charge >= 0.3 is 0 Å². The summed E-state index contributed by atoms with van der Waals surface area (Å²) >= 11 is 5.70. The van der Waals surface area contributed by atoms with E-state index < -0.39 is 26.5 Å². The highest BCUT2D eigenvalue weighted by Gasteiger charge is 2.19. The summed E-state index contributed by atoms with van der Waals surface area (Å²) in [5.41, 5.74) is 1.30. The lowest BCUT2D eigenvalue weighted by Gasteiger charge is -2.30. The standard InChI is InChI=1S/C22H23ClF2N6O2S/c1-30(18-4-3-17(24)20(23)21(18)25)19-5-6-27-22(29-19)28-14-11-15(31-9-7-26-8-10-31)13-16(12-14)34(2,32)33/h3-6,11-13,26H,7-10H2,1-2H3,(H,27,28,29). The van der Waals surface area contributed by atoms with Crippen LogP contribution >= 0.6 is 11.6 Å². The van der Waals surface area contributed by atoms with Crippen molar-refractivity contribution in [3.8, 4) is 0 Å². The Bertz CT molecular complexity index is 1320. The van der Waals surface area contributed by atoms with E-state index in [2.05, 4.69) is 25.5 Å². The predicted molar refractivity (Wildman–Crippen MR) is 129 cm³/mol. The summed E-state index contributed by atoms with van der Waals surface area (Å²) in [6, 6.07) is 8.89. The van der Waals surface area contributed by atoms with Crippen LogP contribution in [0.25, 0.3) is 0 Å². The molecule has 1 aromatic heterocycles. The van der Waals surface area contributed by atoms with Crippen LogP contribution in [0, 0.1) is 11.6 Å². The second-order valence-electron chi connectivity index (χ2n) is 7.84. The maximum Gasteiger partial charge on any atom is 0.229 e. The van der Waals surface area contributed by atoms with E-state index in [9.17, 15) is 17.2 Å². The molecule has 2 N–H and O–H groups in total. The minimum atomic E-state index is -3.46. The Morgan fingerprint density at radius 1 is 1.15 bits per heavy atom. The second-order valence-corrected chi connectivity index (χ2v) is 10.2. The first kappa shape index (κ1) is 24.1. The van der Waals surface area contributed by atoms with Crippen LogP contribution in [0.5, 0.6) is 0 Å². The summed E-state index contributed by atoms with van der Waals surface area (Å²) in [5, 5.41) is 5.71. The zero-order valence-corrected chi connectivity index (χ0v) is 20.1. The van der Waals surface area contributed by atoms with E-state index >= 15 is 0 Å². The fourth-order valence-corrected chi connectivity index (χ4v) is 4.43. The van der Waals surface area contributed by atoms with Crippen LogP contribution in [-0.2, 0) is 9.84 Å². The van der Waals surface area contributed by atoms with E-state index in [-0.39, 0.29) is 16.5 Å². The fraction of sp³-hybridized carbons (Fsp3) is 0.273. The minimum Gasteiger partial charge on any atom is -0.369 e. The third-order valence-electron chi connectivity index (χ3n) is 5.42. The summed E-state index contributed by atoms with van der Waals surface area (Å²) in [5.74, 6) is -1.26. The summed E-state index contributed by atoms with van der Waals surface area (Å²) in [6.07, 6.45) is 2.63. The molecular weight excluding hydrogens is 486 g/mol. The smallest absolute Gasteiger partial charge is 0.229 e. The molecule has 2 heterocycles. The SMILES string of the molecule is CN(c1ccnc(Nc2cc(N3CCNCC3)cc(S(C)(=O)=O)c2)n1)c1ccc(F)c(Cl)c1F. The van der Waals surface area contributed by atoms with Crippen molar-refractivity contribution in [3.05, 3.63) is 59.3 Å². The number of piperazine rings is 1. The zero-order valence-electron chi connectivity index (χ0n) is 18.5. The fourth-order valence-electron chi connectivity index (χ4n) is 3.60. The molecule has 0 unspecified atom stereocenters. The summed E-state index contributed by atoms with van der Waals surface area (Å²) in [7, 11) is -1.90. The van der Waals surface area contributed by atoms with Crippen LogP contribution in [0.15, 0.2) is 47.5 Å². The van der Waals surface area contributed by atoms with Gasteiger partial charge in [0.05, 0.1) is 10.6 Å². The van der Waals surface area contributed by atoms with Crippen LogP contribution < -0.4 is 20.4 Å². The Labute approximate surface area is 201 Å². The first-order valence-electron chi connectivity index (χ1n) is 10.4. The number of sulfone groups is 1. The molecule has 34 heavy (non-hydrogen) atoms. The Morgan fingerprint density at radius 3 is 2.59 bits per heavy atom. The van der Waals surface area contributed by atoms with Crippen molar-refractivity contribution in [3.63, 3.8) is 0 Å². The zero-order chi connectivity index (χ0) is 24.5. The van der Waals surface area contributed by atoms with E-state index in [0.29, 0.717) is 11.5 Å². The van der Waals surface area contributed by atoms with E-state index in [1.54, 1.807) is 19.2 Å². The number of hydrogen-bond donors (Lipinski definition) is 2. The van der Waals surface area contributed by atoms with Gasteiger partial charge in [0.1, 0.15) is 16.7 Å². The lowest BCUT2D eigenvalue weighted by molar-refractivity contribution is 0.584.